The second-order valence-electron chi connectivity index (χ2n) is 5.69. The molecule has 0 amide bonds. The Morgan fingerprint density at radius 3 is 2.27 bits per heavy atom. The lowest BCUT2D eigenvalue weighted by molar-refractivity contribution is -0.169. The number of benzene rings is 1. The molecule has 0 N–H and O–H groups in total. The molecule has 2 unspecified atom stereocenters. The number of rotatable bonds is 4. The van der Waals surface area contributed by atoms with Gasteiger partial charge in [0, 0.05) is 33.7 Å². The average molecular weight is 336 g/mol. The van der Waals surface area contributed by atoms with Gasteiger partial charge in [0.25, 0.3) is 0 Å². The second kappa shape index (κ2) is 6.17. The fraction of sp³-hybridized carbons (Fsp3) is 0.571. The van der Waals surface area contributed by atoms with E-state index in [-0.39, 0.29) is 13.1 Å². The van der Waals surface area contributed by atoms with Gasteiger partial charge >= 0.3 is 6.18 Å². The molecule has 0 bridgehead atoms. The summed E-state index contributed by atoms with van der Waals surface area (Å²) in [4.78, 5) is 1.55. The number of likely N-dealkylation sites (tertiary alicyclic amines) is 1. The van der Waals surface area contributed by atoms with Gasteiger partial charge in [-0.25, -0.2) is 12.7 Å². The highest BCUT2D eigenvalue weighted by atomic mass is 32.2. The van der Waals surface area contributed by atoms with Gasteiger partial charge < -0.3 is 0 Å². The Morgan fingerprint density at radius 2 is 1.77 bits per heavy atom. The van der Waals surface area contributed by atoms with E-state index < -0.39 is 27.4 Å². The van der Waals surface area contributed by atoms with Crippen molar-refractivity contribution in [1.82, 2.24) is 9.21 Å². The topological polar surface area (TPSA) is 40.6 Å². The van der Waals surface area contributed by atoms with E-state index in [0.29, 0.717) is 6.54 Å². The minimum Gasteiger partial charge on any atom is -0.297 e. The van der Waals surface area contributed by atoms with Crippen LogP contribution in [0, 0.1) is 5.92 Å². The van der Waals surface area contributed by atoms with E-state index in [4.69, 9.17) is 0 Å². The molecule has 1 heterocycles. The Morgan fingerprint density at radius 1 is 1.18 bits per heavy atom. The summed E-state index contributed by atoms with van der Waals surface area (Å²) in [5.41, 5.74) is 0.867. The molecule has 1 fully saturated rings. The molecular weight excluding hydrogens is 317 g/mol. The van der Waals surface area contributed by atoms with Crippen molar-refractivity contribution >= 4 is 10.0 Å². The highest BCUT2D eigenvalue weighted by molar-refractivity contribution is 7.89. The van der Waals surface area contributed by atoms with Crippen molar-refractivity contribution in [2.24, 2.45) is 5.92 Å². The lowest BCUT2D eigenvalue weighted by Crippen LogP contribution is -2.43. The van der Waals surface area contributed by atoms with Crippen LogP contribution < -0.4 is 0 Å². The van der Waals surface area contributed by atoms with E-state index in [1.165, 1.54) is 14.1 Å². The Kier molecular flexibility index (Phi) is 4.84. The van der Waals surface area contributed by atoms with Crippen molar-refractivity contribution in [2.45, 2.75) is 18.0 Å². The highest BCUT2D eigenvalue weighted by Crippen LogP contribution is 2.38. The van der Waals surface area contributed by atoms with E-state index >= 15 is 0 Å². The summed E-state index contributed by atoms with van der Waals surface area (Å²) in [5.74, 6) is -1.86. The molecule has 124 valence electrons. The summed E-state index contributed by atoms with van der Waals surface area (Å²) >= 11 is 0. The van der Waals surface area contributed by atoms with Crippen LogP contribution in [0.1, 0.15) is 5.56 Å². The average Bonchev–Trinajstić information content (AvgIpc) is 2.84. The third kappa shape index (κ3) is 3.61. The molecule has 1 aromatic rings. The van der Waals surface area contributed by atoms with Crippen LogP contribution >= 0.6 is 0 Å². The first-order valence-corrected chi connectivity index (χ1v) is 8.37. The Balaban J connectivity index is 2.22. The van der Waals surface area contributed by atoms with Gasteiger partial charge in [0.15, 0.2) is 0 Å². The predicted octanol–water partition coefficient (Wildman–Crippen LogP) is 1.94. The van der Waals surface area contributed by atoms with E-state index in [9.17, 15) is 21.6 Å². The predicted molar refractivity (Wildman–Crippen MR) is 77.7 cm³/mol. The van der Waals surface area contributed by atoms with Crippen molar-refractivity contribution in [3.8, 4) is 0 Å². The monoisotopic (exact) mass is 336 g/mol. The molecule has 0 aliphatic carbocycles. The zero-order valence-electron chi connectivity index (χ0n) is 12.4. The molecule has 1 aromatic carbocycles. The minimum atomic E-state index is -4.53. The SMILES string of the molecule is CN(C)S(=O)(=O)C1CN(Cc2ccccc2)CC1C(F)(F)F. The quantitative estimate of drug-likeness (QED) is 0.844. The molecule has 1 aliphatic rings. The maximum absolute atomic E-state index is 13.2. The summed E-state index contributed by atoms with van der Waals surface area (Å²) in [7, 11) is -1.43. The van der Waals surface area contributed by atoms with Gasteiger partial charge in [-0.2, -0.15) is 13.2 Å². The number of sulfonamides is 1. The number of hydrogen-bond acceptors (Lipinski definition) is 3. The standard InChI is InChI=1S/C14H19F3N2O2S/c1-18(2)22(20,21)13-10-19(9-12(13)14(15,16)17)8-11-6-4-3-5-7-11/h3-7,12-13H,8-10H2,1-2H3. The summed E-state index contributed by atoms with van der Waals surface area (Å²) < 4.78 is 64.9. The van der Waals surface area contributed by atoms with Crippen LogP contribution in [0.4, 0.5) is 13.2 Å². The van der Waals surface area contributed by atoms with Crippen LogP contribution in [0.5, 0.6) is 0 Å². The molecule has 22 heavy (non-hydrogen) atoms. The normalized spacial score (nSPS) is 24.1. The maximum atomic E-state index is 13.2. The highest BCUT2D eigenvalue weighted by Gasteiger charge is 2.54. The van der Waals surface area contributed by atoms with Gasteiger partial charge in [-0.15, -0.1) is 0 Å². The van der Waals surface area contributed by atoms with Crippen LogP contribution in [0.15, 0.2) is 30.3 Å². The van der Waals surface area contributed by atoms with E-state index in [1.54, 1.807) is 17.0 Å². The van der Waals surface area contributed by atoms with Crippen molar-refractivity contribution in [2.75, 3.05) is 27.2 Å². The van der Waals surface area contributed by atoms with Crippen LogP contribution in [0.2, 0.25) is 0 Å². The van der Waals surface area contributed by atoms with Crippen LogP contribution in [0.3, 0.4) is 0 Å². The van der Waals surface area contributed by atoms with E-state index in [0.717, 1.165) is 9.87 Å². The fourth-order valence-electron chi connectivity index (χ4n) is 2.71. The summed E-state index contributed by atoms with van der Waals surface area (Å²) in [6.45, 7) is -0.0947. The molecular formula is C14H19F3N2O2S. The van der Waals surface area contributed by atoms with Gasteiger partial charge in [0.2, 0.25) is 10.0 Å². The molecule has 0 spiro atoms. The van der Waals surface area contributed by atoms with Crippen molar-refractivity contribution in [3.63, 3.8) is 0 Å². The molecule has 0 saturated carbocycles. The fourth-order valence-corrected chi connectivity index (χ4v) is 4.31. The smallest absolute Gasteiger partial charge is 0.297 e. The Bertz CT molecular complexity index is 602. The Hall–Kier alpha value is -1.12. The third-order valence-electron chi connectivity index (χ3n) is 3.90. The molecule has 0 radical (unpaired) electrons. The summed E-state index contributed by atoms with van der Waals surface area (Å²) in [5, 5.41) is -1.45. The number of halogens is 3. The lowest BCUT2D eigenvalue weighted by Gasteiger charge is -2.24. The summed E-state index contributed by atoms with van der Waals surface area (Å²) in [6.07, 6.45) is -4.53. The van der Waals surface area contributed by atoms with Crippen molar-refractivity contribution in [1.29, 1.82) is 0 Å². The summed E-state index contributed by atoms with van der Waals surface area (Å²) in [6, 6.07) is 9.07. The molecule has 4 nitrogen and oxygen atoms in total. The van der Waals surface area contributed by atoms with E-state index in [1.807, 2.05) is 18.2 Å². The molecule has 2 rings (SSSR count). The minimum absolute atomic E-state index is 0.112. The van der Waals surface area contributed by atoms with Gasteiger partial charge in [-0.1, -0.05) is 30.3 Å². The first-order chi connectivity index (χ1) is 10.1. The number of nitrogens with zero attached hydrogens (tertiary/aromatic N) is 2. The van der Waals surface area contributed by atoms with Crippen LogP contribution in [-0.4, -0.2) is 56.2 Å². The molecule has 1 saturated heterocycles. The van der Waals surface area contributed by atoms with Crippen molar-refractivity contribution in [3.05, 3.63) is 35.9 Å². The third-order valence-corrected chi connectivity index (χ3v) is 6.16. The number of hydrogen-bond donors (Lipinski definition) is 0. The molecule has 2 atom stereocenters. The van der Waals surface area contributed by atoms with Crippen LogP contribution in [-0.2, 0) is 16.6 Å². The molecule has 1 aliphatic heterocycles. The van der Waals surface area contributed by atoms with Crippen molar-refractivity contribution < 1.29 is 21.6 Å². The second-order valence-corrected chi connectivity index (χ2v) is 8.06. The van der Waals surface area contributed by atoms with E-state index in [2.05, 4.69) is 0 Å². The van der Waals surface area contributed by atoms with Gasteiger partial charge in [-0.3, -0.25) is 4.90 Å². The molecule has 0 aromatic heterocycles. The Labute approximate surface area is 128 Å². The van der Waals surface area contributed by atoms with Gasteiger partial charge in [-0.05, 0) is 5.56 Å². The first kappa shape index (κ1) is 17.2. The van der Waals surface area contributed by atoms with Gasteiger partial charge in [0.05, 0.1) is 5.92 Å². The maximum Gasteiger partial charge on any atom is 0.394 e. The van der Waals surface area contributed by atoms with Crippen LogP contribution in [0.25, 0.3) is 0 Å². The van der Waals surface area contributed by atoms with Gasteiger partial charge in [0.1, 0.15) is 5.25 Å². The molecule has 8 heteroatoms. The lowest BCUT2D eigenvalue weighted by atomic mass is 10.1. The largest absolute Gasteiger partial charge is 0.394 e. The zero-order valence-corrected chi connectivity index (χ0v) is 13.2. The number of alkyl halides is 3. The first-order valence-electron chi connectivity index (χ1n) is 6.86. The zero-order chi connectivity index (χ0) is 16.5.